The molecule has 0 spiro atoms. The number of hydrogen-bond acceptors (Lipinski definition) is 1. The van der Waals surface area contributed by atoms with Gasteiger partial charge in [-0.2, -0.15) is 13.2 Å². The molecule has 0 fully saturated rings. The molecule has 20 heavy (non-hydrogen) atoms. The molecule has 2 aromatic rings. The number of nitrogens with zero attached hydrogens (tertiary/aromatic N) is 1. The summed E-state index contributed by atoms with van der Waals surface area (Å²) < 4.78 is 84.1. The van der Waals surface area contributed by atoms with E-state index in [0.29, 0.717) is 22.9 Å². The Labute approximate surface area is 124 Å². The van der Waals surface area contributed by atoms with Gasteiger partial charge in [-0.25, -0.2) is 0 Å². The Hall–Kier alpha value is -1.84. The lowest BCUT2D eigenvalue weighted by molar-refractivity contribution is -0.138. The summed E-state index contributed by atoms with van der Waals surface area (Å²) in [5.41, 5.74) is -0.753. The zero-order valence-corrected chi connectivity index (χ0v) is 10.9. The molecular weight excluding hydrogens is 263 g/mol. The highest BCUT2D eigenvalue weighted by atomic mass is 19.4. The SMILES string of the molecule is [2H]C([2H])([2H])c1cc(-c2cc(C)c(C([2H])([2H])[2H])c(C)c2)ncc1C(F)(F)F. The third-order valence-corrected chi connectivity index (χ3v) is 3.04. The molecule has 1 heterocycles. The second kappa shape index (κ2) is 4.93. The van der Waals surface area contributed by atoms with E-state index in [2.05, 4.69) is 4.98 Å². The Morgan fingerprint density at radius 3 is 2.15 bits per heavy atom. The van der Waals surface area contributed by atoms with Crippen molar-refractivity contribution in [3.63, 3.8) is 0 Å². The van der Waals surface area contributed by atoms with Gasteiger partial charge in [0.25, 0.3) is 0 Å². The summed E-state index contributed by atoms with van der Waals surface area (Å²) in [6, 6.07) is 3.85. The van der Waals surface area contributed by atoms with Gasteiger partial charge >= 0.3 is 6.18 Å². The van der Waals surface area contributed by atoms with Crippen LogP contribution in [0.5, 0.6) is 0 Å². The van der Waals surface area contributed by atoms with E-state index in [1.807, 2.05) is 0 Å². The molecule has 1 aromatic carbocycles. The van der Waals surface area contributed by atoms with Gasteiger partial charge in [-0.05, 0) is 68.0 Å². The second-order valence-electron chi connectivity index (χ2n) is 4.60. The molecule has 106 valence electrons. The van der Waals surface area contributed by atoms with Crippen LogP contribution in [0.25, 0.3) is 11.3 Å². The average molecular weight is 285 g/mol. The topological polar surface area (TPSA) is 12.9 Å². The van der Waals surface area contributed by atoms with Crippen LogP contribution < -0.4 is 0 Å². The lowest BCUT2D eigenvalue weighted by Crippen LogP contribution is -2.08. The summed E-state index contributed by atoms with van der Waals surface area (Å²) in [7, 11) is 0. The third kappa shape index (κ3) is 2.69. The molecule has 0 bridgehead atoms. The number of rotatable bonds is 1. The zero-order valence-electron chi connectivity index (χ0n) is 16.9. The van der Waals surface area contributed by atoms with Crippen LogP contribution >= 0.6 is 0 Å². The fourth-order valence-electron chi connectivity index (χ4n) is 1.95. The molecule has 1 aromatic heterocycles. The van der Waals surface area contributed by atoms with Crippen LogP contribution in [0, 0.1) is 27.6 Å². The van der Waals surface area contributed by atoms with Gasteiger partial charge in [-0.3, -0.25) is 4.98 Å². The van der Waals surface area contributed by atoms with Crippen LogP contribution in [0.15, 0.2) is 24.4 Å². The normalized spacial score (nSPS) is 17.4. The van der Waals surface area contributed by atoms with Crippen molar-refractivity contribution in [3.8, 4) is 11.3 Å². The van der Waals surface area contributed by atoms with Gasteiger partial charge in [0.05, 0.1) is 11.3 Å². The largest absolute Gasteiger partial charge is 0.418 e. The maximum Gasteiger partial charge on any atom is 0.418 e. The average Bonchev–Trinajstić information content (AvgIpc) is 2.42. The van der Waals surface area contributed by atoms with Crippen LogP contribution in [-0.2, 0) is 6.18 Å². The summed E-state index contributed by atoms with van der Waals surface area (Å²) in [5, 5.41) is 0. The molecule has 4 heteroatoms. The van der Waals surface area contributed by atoms with Gasteiger partial charge < -0.3 is 0 Å². The Morgan fingerprint density at radius 2 is 1.65 bits per heavy atom. The van der Waals surface area contributed by atoms with Gasteiger partial charge in [0.15, 0.2) is 0 Å². The highest BCUT2D eigenvalue weighted by Gasteiger charge is 2.32. The Morgan fingerprint density at radius 1 is 1.00 bits per heavy atom. The fraction of sp³-hybridized carbons (Fsp3) is 0.312. The second-order valence-corrected chi connectivity index (χ2v) is 4.60. The summed E-state index contributed by atoms with van der Waals surface area (Å²) in [5.74, 6) is 0. The summed E-state index contributed by atoms with van der Waals surface area (Å²) in [6.45, 7) is -2.14. The minimum absolute atomic E-state index is 0.0346. The van der Waals surface area contributed by atoms with Gasteiger partial charge in [-0.15, -0.1) is 0 Å². The van der Waals surface area contributed by atoms with Crippen LogP contribution in [0.3, 0.4) is 0 Å². The number of aromatic nitrogens is 1. The van der Waals surface area contributed by atoms with E-state index >= 15 is 0 Å². The van der Waals surface area contributed by atoms with Gasteiger partial charge in [0.1, 0.15) is 0 Å². The number of benzene rings is 1. The van der Waals surface area contributed by atoms with Crippen LogP contribution in [0.1, 0.15) is 36.0 Å². The molecule has 0 saturated carbocycles. The first-order valence-electron chi connectivity index (χ1n) is 8.82. The van der Waals surface area contributed by atoms with Crippen molar-refractivity contribution in [2.45, 2.75) is 33.7 Å². The predicted molar refractivity (Wildman–Crippen MR) is 73.6 cm³/mol. The molecule has 2 rings (SSSR count). The molecule has 0 aliphatic carbocycles. The maximum atomic E-state index is 13.1. The van der Waals surface area contributed by atoms with E-state index in [0.717, 1.165) is 6.07 Å². The Kier molecular flexibility index (Phi) is 2.08. The minimum atomic E-state index is -4.84. The molecule has 0 amide bonds. The summed E-state index contributed by atoms with van der Waals surface area (Å²) in [4.78, 5) is 3.75. The highest BCUT2D eigenvalue weighted by Crippen LogP contribution is 2.33. The van der Waals surface area contributed by atoms with Crippen molar-refractivity contribution in [1.82, 2.24) is 4.98 Å². The number of alkyl halides is 3. The third-order valence-electron chi connectivity index (χ3n) is 3.04. The molecule has 0 aliphatic heterocycles. The molecule has 0 atom stereocenters. The van der Waals surface area contributed by atoms with E-state index in [1.54, 1.807) is 13.8 Å². The molecule has 0 radical (unpaired) electrons. The number of aryl methyl sites for hydroxylation is 3. The van der Waals surface area contributed by atoms with E-state index in [9.17, 15) is 13.2 Å². The molecule has 0 saturated heterocycles. The monoisotopic (exact) mass is 285 g/mol. The molecule has 1 nitrogen and oxygen atoms in total. The van der Waals surface area contributed by atoms with E-state index in [-0.39, 0.29) is 11.3 Å². The van der Waals surface area contributed by atoms with Crippen LogP contribution in [0.2, 0.25) is 0 Å². The first-order valence-corrected chi connectivity index (χ1v) is 5.82. The van der Waals surface area contributed by atoms with E-state index in [1.165, 1.54) is 12.1 Å². The molecular formula is C16H16F3N. The summed E-state index contributed by atoms with van der Waals surface area (Å²) >= 11 is 0. The number of pyridine rings is 1. The van der Waals surface area contributed by atoms with Crippen LogP contribution in [-0.4, -0.2) is 4.98 Å². The van der Waals surface area contributed by atoms with Gasteiger partial charge in [-0.1, -0.05) is 0 Å². The number of hydrogen-bond donors (Lipinski definition) is 0. The Balaban J connectivity index is 2.68. The Bertz CT molecular complexity index is 814. The van der Waals surface area contributed by atoms with Crippen LogP contribution in [0.4, 0.5) is 13.2 Å². The van der Waals surface area contributed by atoms with Crippen molar-refractivity contribution in [2.75, 3.05) is 0 Å². The lowest BCUT2D eigenvalue weighted by Gasteiger charge is -2.12. The first-order chi connectivity index (χ1) is 11.6. The molecule has 0 aliphatic rings. The fourth-order valence-corrected chi connectivity index (χ4v) is 1.95. The van der Waals surface area contributed by atoms with Gasteiger partial charge in [0.2, 0.25) is 0 Å². The standard InChI is InChI=1S/C16H16F3N/c1-9-5-13(6-10(2)12(9)4)15-7-11(3)14(8-20-15)16(17,18)19/h5-8H,1-4H3/i3D3,4D3. The quantitative estimate of drug-likeness (QED) is 0.718. The highest BCUT2D eigenvalue weighted by molar-refractivity contribution is 5.63. The molecule has 0 N–H and O–H groups in total. The molecule has 0 unspecified atom stereocenters. The zero-order chi connectivity index (χ0) is 20.1. The predicted octanol–water partition coefficient (Wildman–Crippen LogP) is 5.00. The van der Waals surface area contributed by atoms with Crippen molar-refractivity contribution >= 4 is 0 Å². The smallest absolute Gasteiger partial charge is 0.256 e. The van der Waals surface area contributed by atoms with Crippen molar-refractivity contribution in [3.05, 3.63) is 52.2 Å². The van der Waals surface area contributed by atoms with Crippen molar-refractivity contribution < 1.29 is 21.4 Å². The first kappa shape index (κ1) is 8.45. The number of halogens is 3. The van der Waals surface area contributed by atoms with Gasteiger partial charge in [0, 0.05) is 20.0 Å². The maximum absolute atomic E-state index is 13.1. The van der Waals surface area contributed by atoms with Crippen molar-refractivity contribution in [2.24, 2.45) is 0 Å². The van der Waals surface area contributed by atoms with E-state index < -0.39 is 31.0 Å². The summed E-state index contributed by atoms with van der Waals surface area (Å²) in [6.07, 6.45) is -4.34. The minimum Gasteiger partial charge on any atom is -0.256 e. The van der Waals surface area contributed by atoms with E-state index in [4.69, 9.17) is 8.22 Å². The lowest BCUT2D eigenvalue weighted by atomic mass is 9.98. The van der Waals surface area contributed by atoms with Crippen molar-refractivity contribution in [1.29, 1.82) is 0 Å².